The van der Waals surface area contributed by atoms with Crippen LogP contribution in [0.1, 0.15) is 19.4 Å². The monoisotopic (exact) mass is 247 g/mol. The van der Waals surface area contributed by atoms with Crippen molar-refractivity contribution >= 4 is 11.9 Å². The molecule has 1 aromatic rings. The Kier molecular flexibility index (Phi) is 3.65. The van der Waals surface area contributed by atoms with Gasteiger partial charge in [0.25, 0.3) is 0 Å². The average Bonchev–Trinajstić information content (AvgIpc) is 2.38. The number of carbonyl (C=O) groups excluding carboxylic acids is 2. The SMILES string of the molecule is CC(=O)OC[C@@H]1[C@@H](C)C(=O)N1Cc1ccccc1. The van der Waals surface area contributed by atoms with Gasteiger partial charge >= 0.3 is 5.97 Å². The van der Waals surface area contributed by atoms with Gasteiger partial charge in [-0.15, -0.1) is 0 Å². The van der Waals surface area contributed by atoms with Crippen molar-refractivity contribution in [1.82, 2.24) is 4.90 Å². The van der Waals surface area contributed by atoms with E-state index >= 15 is 0 Å². The Morgan fingerprint density at radius 1 is 1.33 bits per heavy atom. The Morgan fingerprint density at radius 3 is 2.61 bits per heavy atom. The van der Waals surface area contributed by atoms with Crippen molar-refractivity contribution in [1.29, 1.82) is 0 Å². The van der Waals surface area contributed by atoms with Crippen molar-refractivity contribution < 1.29 is 14.3 Å². The van der Waals surface area contributed by atoms with Crippen LogP contribution < -0.4 is 0 Å². The van der Waals surface area contributed by atoms with E-state index in [0.29, 0.717) is 6.54 Å². The van der Waals surface area contributed by atoms with Crippen LogP contribution in [-0.2, 0) is 20.9 Å². The van der Waals surface area contributed by atoms with Gasteiger partial charge in [-0.05, 0) is 5.56 Å². The summed E-state index contributed by atoms with van der Waals surface area (Å²) in [4.78, 5) is 24.4. The lowest BCUT2D eigenvalue weighted by atomic mass is 9.89. The van der Waals surface area contributed by atoms with E-state index in [4.69, 9.17) is 4.74 Å². The molecule has 0 radical (unpaired) electrons. The number of nitrogens with zero attached hydrogens (tertiary/aromatic N) is 1. The van der Waals surface area contributed by atoms with Gasteiger partial charge in [-0.2, -0.15) is 0 Å². The standard InChI is InChI=1S/C14H17NO3/c1-10-13(9-18-11(2)16)15(14(10)17)8-12-6-4-3-5-7-12/h3-7,10,13H,8-9H2,1-2H3/t10-,13-/m1/s1. The molecule has 1 aliphatic heterocycles. The molecule has 0 N–H and O–H groups in total. The Hall–Kier alpha value is -1.84. The van der Waals surface area contributed by atoms with Crippen molar-refractivity contribution in [2.24, 2.45) is 5.92 Å². The molecule has 1 heterocycles. The number of hydrogen-bond donors (Lipinski definition) is 0. The fourth-order valence-corrected chi connectivity index (χ4v) is 2.19. The van der Waals surface area contributed by atoms with Crippen molar-refractivity contribution in [3.8, 4) is 0 Å². The second kappa shape index (κ2) is 5.21. The smallest absolute Gasteiger partial charge is 0.302 e. The number of likely N-dealkylation sites (tertiary alicyclic amines) is 1. The fourth-order valence-electron chi connectivity index (χ4n) is 2.19. The third kappa shape index (κ3) is 2.53. The first kappa shape index (κ1) is 12.6. The van der Waals surface area contributed by atoms with E-state index in [9.17, 15) is 9.59 Å². The number of hydrogen-bond acceptors (Lipinski definition) is 3. The summed E-state index contributed by atoms with van der Waals surface area (Å²) in [6, 6.07) is 9.81. The Balaban J connectivity index is 1.98. The first-order chi connectivity index (χ1) is 8.59. The van der Waals surface area contributed by atoms with E-state index in [1.165, 1.54) is 6.92 Å². The lowest BCUT2D eigenvalue weighted by Gasteiger charge is -2.45. The molecule has 96 valence electrons. The Labute approximate surface area is 107 Å². The molecule has 2 rings (SSSR count). The molecule has 1 saturated heterocycles. The zero-order valence-corrected chi connectivity index (χ0v) is 10.6. The van der Waals surface area contributed by atoms with Crippen LogP contribution in [-0.4, -0.2) is 29.4 Å². The molecule has 4 heteroatoms. The van der Waals surface area contributed by atoms with Crippen molar-refractivity contribution in [3.05, 3.63) is 35.9 Å². The highest BCUT2D eigenvalue weighted by atomic mass is 16.5. The topological polar surface area (TPSA) is 46.6 Å². The van der Waals surface area contributed by atoms with E-state index in [1.807, 2.05) is 37.3 Å². The maximum Gasteiger partial charge on any atom is 0.302 e. The zero-order valence-electron chi connectivity index (χ0n) is 10.6. The highest BCUT2D eigenvalue weighted by Crippen LogP contribution is 2.28. The van der Waals surface area contributed by atoms with Crippen LogP contribution in [0.4, 0.5) is 0 Å². The van der Waals surface area contributed by atoms with Crippen LogP contribution in [0.15, 0.2) is 30.3 Å². The lowest BCUT2D eigenvalue weighted by molar-refractivity contribution is -0.165. The van der Waals surface area contributed by atoms with Crippen molar-refractivity contribution in [3.63, 3.8) is 0 Å². The van der Waals surface area contributed by atoms with Gasteiger partial charge in [-0.3, -0.25) is 9.59 Å². The van der Waals surface area contributed by atoms with Crippen LogP contribution >= 0.6 is 0 Å². The van der Waals surface area contributed by atoms with Crippen LogP contribution in [0.3, 0.4) is 0 Å². The third-order valence-corrected chi connectivity index (χ3v) is 3.30. The molecule has 1 aliphatic rings. The molecule has 0 bridgehead atoms. The van der Waals surface area contributed by atoms with Gasteiger partial charge in [0.1, 0.15) is 6.61 Å². The van der Waals surface area contributed by atoms with Gasteiger partial charge in [0.05, 0.1) is 12.0 Å². The van der Waals surface area contributed by atoms with Crippen molar-refractivity contribution in [2.75, 3.05) is 6.61 Å². The normalized spacial score (nSPS) is 22.6. The number of β-lactam (4-membered cyclic amide) rings is 1. The zero-order chi connectivity index (χ0) is 13.1. The predicted octanol–water partition coefficient (Wildman–Crippen LogP) is 1.60. The number of benzene rings is 1. The number of rotatable bonds is 4. The third-order valence-electron chi connectivity index (χ3n) is 3.30. The highest BCUT2D eigenvalue weighted by Gasteiger charge is 2.44. The second-order valence-corrected chi connectivity index (χ2v) is 4.61. The summed E-state index contributed by atoms with van der Waals surface area (Å²) in [5.41, 5.74) is 1.09. The number of ether oxygens (including phenoxy) is 1. The summed E-state index contributed by atoms with van der Waals surface area (Å²) in [5.74, 6) is -0.245. The van der Waals surface area contributed by atoms with E-state index < -0.39 is 0 Å². The van der Waals surface area contributed by atoms with Gasteiger partial charge in [0.2, 0.25) is 5.91 Å². The molecule has 0 unspecified atom stereocenters. The van der Waals surface area contributed by atoms with E-state index in [-0.39, 0.29) is 30.4 Å². The van der Waals surface area contributed by atoms with Crippen LogP contribution in [0.5, 0.6) is 0 Å². The van der Waals surface area contributed by atoms with Crippen LogP contribution in [0, 0.1) is 5.92 Å². The summed E-state index contributed by atoms with van der Waals surface area (Å²) in [6.45, 7) is 4.12. The van der Waals surface area contributed by atoms with E-state index in [1.54, 1.807) is 4.90 Å². The summed E-state index contributed by atoms with van der Waals surface area (Å²) >= 11 is 0. The average molecular weight is 247 g/mol. The quantitative estimate of drug-likeness (QED) is 0.599. The molecular weight excluding hydrogens is 230 g/mol. The highest BCUT2D eigenvalue weighted by molar-refractivity contribution is 5.85. The molecule has 0 saturated carbocycles. The molecule has 0 aromatic heterocycles. The Morgan fingerprint density at radius 2 is 2.00 bits per heavy atom. The molecule has 0 aliphatic carbocycles. The Bertz CT molecular complexity index is 444. The molecule has 1 fully saturated rings. The summed E-state index contributed by atoms with van der Waals surface area (Å²) in [6.07, 6.45) is 0. The summed E-state index contributed by atoms with van der Waals surface area (Å²) in [7, 11) is 0. The number of esters is 1. The number of carbonyl (C=O) groups is 2. The molecule has 1 amide bonds. The predicted molar refractivity (Wildman–Crippen MR) is 66.6 cm³/mol. The largest absolute Gasteiger partial charge is 0.464 e. The summed E-state index contributed by atoms with van der Waals surface area (Å²) in [5, 5.41) is 0. The minimum absolute atomic E-state index is 0.00149. The number of amides is 1. The first-order valence-corrected chi connectivity index (χ1v) is 6.07. The second-order valence-electron chi connectivity index (χ2n) is 4.61. The van der Waals surface area contributed by atoms with Gasteiger partial charge in [-0.1, -0.05) is 37.3 Å². The van der Waals surface area contributed by atoms with Crippen LogP contribution in [0.25, 0.3) is 0 Å². The maximum absolute atomic E-state index is 11.8. The maximum atomic E-state index is 11.8. The van der Waals surface area contributed by atoms with E-state index in [0.717, 1.165) is 5.56 Å². The van der Waals surface area contributed by atoms with E-state index in [2.05, 4.69) is 0 Å². The van der Waals surface area contributed by atoms with Gasteiger partial charge < -0.3 is 9.64 Å². The van der Waals surface area contributed by atoms with Gasteiger partial charge in [-0.25, -0.2) is 0 Å². The summed E-state index contributed by atoms with van der Waals surface area (Å²) < 4.78 is 5.00. The molecule has 4 nitrogen and oxygen atoms in total. The van der Waals surface area contributed by atoms with Crippen LogP contribution in [0.2, 0.25) is 0 Å². The molecule has 18 heavy (non-hydrogen) atoms. The van der Waals surface area contributed by atoms with Crippen molar-refractivity contribution in [2.45, 2.75) is 26.4 Å². The molecule has 2 atom stereocenters. The molecule has 0 spiro atoms. The van der Waals surface area contributed by atoms with Gasteiger partial charge in [0, 0.05) is 13.5 Å². The molecular formula is C14H17NO3. The minimum atomic E-state index is -0.304. The lowest BCUT2D eigenvalue weighted by Crippen LogP contribution is -2.61. The first-order valence-electron chi connectivity index (χ1n) is 6.07. The van der Waals surface area contributed by atoms with Gasteiger partial charge in [0.15, 0.2) is 0 Å². The fraction of sp³-hybridized carbons (Fsp3) is 0.429. The molecule has 1 aromatic carbocycles. The minimum Gasteiger partial charge on any atom is -0.464 e.